The Hall–Kier alpha value is -3.62. The van der Waals surface area contributed by atoms with Crippen LogP contribution in [0.15, 0.2) is 0 Å². The number of aliphatic carboxylic acids is 2. The van der Waals surface area contributed by atoms with E-state index in [2.05, 4.69) is 10.6 Å². The van der Waals surface area contributed by atoms with E-state index in [1.807, 2.05) is 0 Å². The molecule has 0 aromatic rings. The molecule has 15 heteroatoms. The summed E-state index contributed by atoms with van der Waals surface area (Å²) in [4.78, 5) is 69.8. The highest BCUT2D eigenvalue weighted by Gasteiger charge is 2.28. The molecule has 32 heavy (non-hydrogen) atoms. The molecule has 3 unspecified atom stereocenters. The highest BCUT2D eigenvalue weighted by atomic mass is 16.4. The van der Waals surface area contributed by atoms with Crippen molar-refractivity contribution in [3.05, 3.63) is 11.1 Å². The van der Waals surface area contributed by atoms with Crippen LogP contribution in [0.1, 0.15) is 38.5 Å². The van der Waals surface area contributed by atoms with Gasteiger partial charge in [0.1, 0.15) is 18.1 Å². The number of nitrogens with one attached hydrogen (secondary N) is 4. The molecule has 15 nitrogen and oxygen atoms in total. The number of carboxylic acid groups (broad SMARTS) is 2. The lowest BCUT2D eigenvalue weighted by Crippen LogP contribution is -2.65. The third kappa shape index (κ3) is 12.2. The van der Waals surface area contributed by atoms with Crippen molar-refractivity contribution < 1.29 is 49.2 Å². The van der Waals surface area contributed by atoms with Crippen molar-refractivity contribution in [1.29, 1.82) is 0 Å². The molecule has 0 aliphatic carbocycles. The average molecular weight is 457 g/mol. The van der Waals surface area contributed by atoms with Crippen molar-refractivity contribution in [3.8, 4) is 0 Å². The van der Waals surface area contributed by atoms with Crippen molar-refractivity contribution in [1.82, 2.24) is 10.6 Å². The largest absolute Gasteiger partial charge is 0.508 e. The van der Waals surface area contributed by atoms with Gasteiger partial charge in [0.15, 0.2) is 24.7 Å². The first-order valence-corrected chi connectivity index (χ1v) is 9.60. The Morgan fingerprint density at radius 3 is 1.69 bits per heavy atom. The van der Waals surface area contributed by atoms with Gasteiger partial charge in [-0.25, -0.2) is 4.79 Å². The van der Waals surface area contributed by atoms with Gasteiger partial charge < -0.3 is 47.9 Å². The van der Waals surface area contributed by atoms with Gasteiger partial charge in [0.05, 0.1) is 0 Å². The fourth-order valence-corrected chi connectivity index (χ4v) is 2.44. The fourth-order valence-electron chi connectivity index (χ4n) is 2.44. The van der Waals surface area contributed by atoms with E-state index in [1.165, 1.54) is 0 Å². The summed E-state index contributed by atoms with van der Waals surface area (Å²) in [5.74, 6) is -5.44. The molecule has 0 spiro atoms. The minimum absolute atomic E-state index is 0.221. The zero-order valence-electron chi connectivity index (χ0n) is 17.2. The zero-order valence-corrected chi connectivity index (χ0v) is 17.2. The predicted molar refractivity (Wildman–Crippen MR) is 103 cm³/mol. The maximum absolute atomic E-state index is 12.6. The predicted octanol–water partition coefficient (Wildman–Crippen LogP) is -4.86. The highest BCUT2D eigenvalue weighted by Crippen LogP contribution is 2.05. The molecule has 0 radical (unpaired) electrons. The van der Waals surface area contributed by atoms with Crippen molar-refractivity contribution in [2.45, 2.75) is 56.7 Å². The van der Waals surface area contributed by atoms with Gasteiger partial charge in [-0.1, -0.05) is 0 Å². The number of hydrogen-bond acceptors (Lipinski definition) is 7. The van der Waals surface area contributed by atoms with E-state index in [-0.39, 0.29) is 38.5 Å². The molecule has 0 aliphatic heterocycles. The Balaban J connectivity index is 5.17. The fraction of sp³-hybridized carbons (Fsp3) is 0.647. The first-order chi connectivity index (χ1) is 15.0. The molecule has 0 saturated heterocycles. The Kier molecular flexibility index (Phi) is 13.5. The molecule has 2 amide bonds. The first kappa shape index (κ1) is 28.4. The Morgan fingerprint density at radius 1 is 0.750 bits per heavy atom. The van der Waals surface area contributed by atoms with E-state index >= 15 is 0 Å². The quantitative estimate of drug-likeness (QED) is 0.0971. The van der Waals surface area contributed by atoms with E-state index in [4.69, 9.17) is 21.9 Å². The topological polar surface area (TPSA) is 266 Å². The molecule has 0 rings (SSSR count). The summed E-state index contributed by atoms with van der Waals surface area (Å²) in [6.45, 7) is -0.813. The molecule has 8 N–H and O–H groups in total. The van der Waals surface area contributed by atoms with E-state index in [0.717, 1.165) is 0 Å². The van der Waals surface area contributed by atoms with Crippen molar-refractivity contribution >= 4 is 35.3 Å². The normalized spacial score (nSPS) is 13.2. The lowest BCUT2D eigenvalue weighted by atomic mass is 10.0. The van der Waals surface area contributed by atoms with Crippen LogP contribution in [0.2, 0.25) is 0 Å². The molecule has 0 heterocycles. The van der Waals surface area contributed by atoms with Crippen LogP contribution < -0.4 is 26.6 Å². The van der Waals surface area contributed by atoms with Crippen LogP contribution in [0, 0.1) is 0 Å². The number of nitrogens with zero attached hydrogens (tertiary/aromatic N) is 2. The molecular weight excluding hydrogens is 430 g/mol. The second kappa shape index (κ2) is 15.2. The van der Waals surface area contributed by atoms with Gasteiger partial charge in [0.2, 0.25) is 11.8 Å². The smallest absolute Gasteiger partial charge is 0.326 e. The van der Waals surface area contributed by atoms with Crippen LogP contribution in [0.25, 0.3) is 11.1 Å². The molecule has 3 atom stereocenters. The number of carboxylic acids is 2. The summed E-state index contributed by atoms with van der Waals surface area (Å²) >= 11 is 0. The monoisotopic (exact) mass is 457 g/mol. The molecule has 0 aromatic heterocycles. The third-order valence-corrected chi connectivity index (χ3v) is 4.24. The van der Waals surface area contributed by atoms with Crippen LogP contribution in [-0.2, 0) is 28.8 Å². The molecule has 0 aliphatic rings. The minimum Gasteiger partial charge on any atom is -0.508 e. The highest BCUT2D eigenvalue weighted by molar-refractivity contribution is 5.91. The number of amides is 2. The first-order valence-electron chi connectivity index (χ1n) is 9.60. The van der Waals surface area contributed by atoms with Crippen molar-refractivity contribution in [3.63, 3.8) is 0 Å². The van der Waals surface area contributed by atoms with Gasteiger partial charge in [-0.05, 0) is 19.3 Å². The Labute approximate surface area is 182 Å². The van der Waals surface area contributed by atoms with Crippen LogP contribution >= 0.6 is 0 Å². The lowest BCUT2D eigenvalue weighted by Gasteiger charge is -2.21. The van der Waals surface area contributed by atoms with Crippen LogP contribution in [0.3, 0.4) is 0 Å². The summed E-state index contributed by atoms with van der Waals surface area (Å²) in [5, 5.41) is 25.8. The Bertz CT molecular complexity index is 742. The number of ketones is 2. The standard InChI is InChI=1S/C17H27N7O8/c18-11(16(29)30)3-6-14(27)23-12(4-1-9(25)7-21-19)15(28)24-13(17(31)32)5-2-10(26)8-22-20/h11-13,21-22H,1-8,18H2,(H,23,27)(H,24,28)(H,29,30)(H,31,32). The van der Waals surface area contributed by atoms with E-state index < -0.39 is 66.5 Å². The number of carbonyl (C=O) groups excluding carboxylic acids is 4. The molecule has 0 aromatic carbocycles. The average Bonchev–Trinajstić information content (AvgIpc) is 2.72. The number of Topliss-reactive ketones (excluding diaryl/α,β-unsaturated/α-hetero) is 2. The summed E-state index contributed by atoms with van der Waals surface area (Å²) in [7, 11) is 0. The van der Waals surface area contributed by atoms with Gasteiger partial charge in [0.25, 0.3) is 0 Å². The number of nitrogens with two attached hydrogens (primary N) is 1. The number of carbonyl (C=O) groups is 6. The van der Waals surface area contributed by atoms with E-state index in [1.54, 1.807) is 10.2 Å². The van der Waals surface area contributed by atoms with Crippen molar-refractivity contribution in [2.75, 3.05) is 13.1 Å². The minimum atomic E-state index is -1.49. The van der Waals surface area contributed by atoms with E-state index in [9.17, 15) is 33.9 Å². The van der Waals surface area contributed by atoms with Gasteiger partial charge >= 0.3 is 11.9 Å². The lowest BCUT2D eigenvalue weighted by molar-refractivity contribution is -0.467. The molecular formula is C17H27N7O8. The molecule has 0 bridgehead atoms. The number of rotatable bonds is 18. The van der Waals surface area contributed by atoms with Gasteiger partial charge in [-0.2, -0.15) is 0 Å². The summed E-state index contributed by atoms with van der Waals surface area (Å²) in [5.41, 5.74) is 22.3. The maximum atomic E-state index is 12.6. The molecule has 0 fully saturated rings. The summed E-state index contributed by atoms with van der Waals surface area (Å²) in [6.07, 6.45) is -1.60. The van der Waals surface area contributed by atoms with Gasteiger partial charge in [-0.3, -0.25) is 24.0 Å². The van der Waals surface area contributed by atoms with E-state index in [0.29, 0.717) is 0 Å². The Morgan fingerprint density at radius 2 is 1.25 bits per heavy atom. The molecule has 0 saturated carbocycles. The second-order valence-electron chi connectivity index (χ2n) is 6.83. The SMILES string of the molecule is [N-]=[NH+]CC(=O)CCC(NC(=O)C(CCC(=O)C[NH+]=[N-])NC(=O)CCC(N)C(=O)O)C(=O)O. The van der Waals surface area contributed by atoms with Gasteiger partial charge in [0, 0.05) is 19.3 Å². The van der Waals surface area contributed by atoms with Crippen LogP contribution in [-0.4, -0.2) is 76.7 Å². The van der Waals surface area contributed by atoms with Crippen molar-refractivity contribution in [2.24, 2.45) is 5.73 Å². The van der Waals surface area contributed by atoms with Crippen LogP contribution in [0.4, 0.5) is 0 Å². The maximum Gasteiger partial charge on any atom is 0.326 e. The van der Waals surface area contributed by atoms with Crippen LogP contribution in [0.5, 0.6) is 0 Å². The molecule has 178 valence electrons. The summed E-state index contributed by atoms with van der Waals surface area (Å²) < 4.78 is 0. The van der Waals surface area contributed by atoms with Gasteiger partial charge in [-0.15, -0.1) is 0 Å². The number of hydrogen-bond donors (Lipinski definition) is 7. The second-order valence-corrected chi connectivity index (χ2v) is 6.83. The zero-order chi connectivity index (χ0) is 24.7. The third-order valence-electron chi connectivity index (χ3n) is 4.24. The summed E-state index contributed by atoms with van der Waals surface area (Å²) in [6, 6.07) is -4.13.